The van der Waals surface area contributed by atoms with Crippen LogP contribution in [0.15, 0.2) is 34.1 Å². The van der Waals surface area contributed by atoms with Crippen molar-refractivity contribution in [3.63, 3.8) is 0 Å². The van der Waals surface area contributed by atoms with Gasteiger partial charge < -0.3 is 15.5 Å². The van der Waals surface area contributed by atoms with Crippen LogP contribution in [-0.2, 0) is 13.6 Å². The Morgan fingerprint density at radius 2 is 2.04 bits per heavy atom. The van der Waals surface area contributed by atoms with E-state index >= 15 is 0 Å². The molecule has 3 aromatic rings. The predicted octanol–water partition coefficient (Wildman–Crippen LogP) is 1.24. The lowest BCUT2D eigenvalue weighted by atomic mass is 10.2. The first-order valence-corrected chi connectivity index (χ1v) is 9.42. The highest BCUT2D eigenvalue weighted by molar-refractivity contribution is 14.1. The van der Waals surface area contributed by atoms with Gasteiger partial charge in [-0.1, -0.05) is 0 Å². The Bertz CT molecular complexity index is 1170. The minimum absolute atomic E-state index is 0.0881. The molecule has 28 heavy (non-hydrogen) atoms. The number of aryl methyl sites for hydroxylation is 1. The number of hydrogen-bond acceptors (Lipinski definition) is 6. The zero-order chi connectivity index (χ0) is 20.6. The van der Waals surface area contributed by atoms with Crippen LogP contribution in [0.25, 0.3) is 10.9 Å². The summed E-state index contributed by atoms with van der Waals surface area (Å²) in [6.45, 7) is 0.868. The largest absolute Gasteiger partial charge is 0.394 e. The zero-order valence-corrected chi connectivity index (χ0v) is 17.3. The molecule has 0 radical (unpaired) electrons. The van der Waals surface area contributed by atoms with Gasteiger partial charge in [-0.2, -0.15) is 0 Å². The first-order chi connectivity index (χ1) is 13.2. The van der Waals surface area contributed by atoms with Crippen LogP contribution in [0.5, 0.6) is 0 Å². The first kappa shape index (κ1) is 20.4. The van der Waals surface area contributed by atoms with Gasteiger partial charge in [-0.05, 0) is 47.7 Å². The highest BCUT2D eigenvalue weighted by Crippen LogP contribution is 2.25. The van der Waals surface area contributed by atoms with E-state index in [1.54, 1.807) is 13.0 Å². The van der Waals surface area contributed by atoms with Crippen molar-refractivity contribution in [2.24, 2.45) is 7.05 Å². The molecule has 0 fully saturated rings. The fourth-order valence-corrected chi connectivity index (χ4v) is 3.34. The predicted molar refractivity (Wildman–Crippen MR) is 111 cm³/mol. The lowest BCUT2D eigenvalue weighted by Gasteiger charge is -2.17. The summed E-state index contributed by atoms with van der Waals surface area (Å²) in [6, 6.07) is 4.53. The fraction of sp³-hybridized carbons (Fsp3) is 0.278. The quantitative estimate of drug-likeness (QED) is 0.455. The molecule has 10 heteroatoms. The van der Waals surface area contributed by atoms with Gasteiger partial charge >= 0.3 is 0 Å². The molecule has 0 amide bonds. The highest BCUT2D eigenvalue weighted by atomic mass is 127. The second kappa shape index (κ2) is 7.97. The van der Waals surface area contributed by atoms with E-state index in [2.05, 4.69) is 10.3 Å². The van der Waals surface area contributed by atoms with E-state index in [0.717, 1.165) is 4.57 Å². The number of pyridine rings is 1. The number of aliphatic hydroxyl groups is 2. The lowest BCUT2D eigenvalue weighted by Crippen LogP contribution is -2.32. The normalized spacial score (nSPS) is 12.4. The molecule has 2 aromatic heterocycles. The van der Waals surface area contributed by atoms with Crippen LogP contribution in [0.4, 0.5) is 15.9 Å². The third-order valence-electron chi connectivity index (χ3n) is 4.39. The van der Waals surface area contributed by atoms with Crippen molar-refractivity contribution in [1.29, 1.82) is 0 Å². The Labute approximate surface area is 172 Å². The van der Waals surface area contributed by atoms with Crippen LogP contribution in [0, 0.1) is 16.3 Å². The van der Waals surface area contributed by atoms with E-state index in [1.165, 1.54) is 30.1 Å². The minimum Gasteiger partial charge on any atom is -0.394 e. The fourth-order valence-electron chi connectivity index (χ4n) is 2.89. The Balaban J connectivity index is 2.29. The lowest BCUT2D eigenvalue weighted by molar-refractivity contribution is 0.0802. The van der Waals surface area contributed by atoms with Gasteiger partial charge in [-0.25, -0.2) is 9.37 Å². The molecule has 0 spiro atoms. The van der Waals surface area contributed by atoms with Gasteiger partial charge in [0.15, 0.2) is 0 Å². The summed E-state index contributed by atoms with van der Waals surface area (Å²) in [6.07, 6.45) is 0.0706. The zero-order valence-electron chi connectivity index (χ0n) is 15.1. The molecule has 0 saturated carbocycles. The molecule has 0 bridgehead atoms. The van der Waals surface area contributed by atoms with E-state index in [9.17, 15) is 19.1 Å². The molecule has 0 aliphatic rings. The first-order valence-electron chi connectivity index (χ1n) is 8.34. The number of hydrogen-bond donors (Lipinski definition) is 3. The molecule has 0 unspecified atom stereocenters. The molecular weight excluding hydrogens is 482 g/mol. The Morgan fingerprint density at radius 1 is 1.32 bits per heavy atom. The second-order valence-corrected chi connectivity index (χ2v) is 7.59. The number of rotatable bonds is 5. The summed E-state index contributed by atoms with van der Waals surface area (Å²) in [5.41, 5.74) is -0.328. The van der Waals surface area contributed by atoms with Crippen LogP contribution in [0.3, 0.4) is 0 Å². The summed E-state index contributed by atoms with van der Waals surface area (Å²) in [4.78, 5) is 29.8. The van der Waals surface area contributed by atoms with Crippen LogP contribution in [0.2, 0.25) is 0 Å². The van der Waals surface area contributed by atoms with Gasteiger partial charge in [0.05, 0.1) is 36.8 Å². The molecule has 3 N–H and O–H groups in total. The smallest absolute Gasteiger partial charge is 0.264 e. The maximum absolute atomic E-state index is 14.3. The van der Waals surface area contributed by atoms with Crippen molar-refractivity contribution >= 4 is 45.0 Å². The summed E-state index contributed by atoms with van der Waals surface area (Å²) < 4.78 is 17.4. The molecule has 8 nitrogen and oxygen atoms in total. The van der Waals surface area contributed by atoms with E-state index < -0.39 is 24.1 Å². The molecule has 0 aliphatic heterocycles. The van der Waals surface area contributed by atoms with Crippen LogP contribution < -0.4 is 16.4 Å². The number of aliphatic hydroxyl groups excluding tert-OH is 2. The number of fused-ring (bicyclic) bond motifs is 1. The number of benzene rings is 1. The molecule has 1 atom stereocenters. The van der Waals surface area contributed by atoms with Crippen molar-refractivity contribution < 1.29 is 14.6 Å². The van der Waals surface area contributed by atoms with Gasteiger partial charge in [0.25, 0.3) is 11.1 Å². The van der Waals surface area contributed by atoms with Crippen molar-refractivity contribution in [2.45, 2.75) is 19.6 Å². The second-order valence-electron chi connectivity index (χ2n) is 6.35. The van der Waals surface area contributed by atoms with Gasteiger partial charge in [0.1, 0.15) is 17.0 Å². The van der Waals surface area contributed by atoms with Crippen molar-refractivity contribution in [3.8, 4) is 0 Å². The van der Waals surface area contributed by atoms with Crippen molar-refractivity contribution in [1.82, 2.24) is 14.1 Å². The van der Waals surface area contributed by atoms with Crippen molar-refractivity contribution in [2.75, 3.05) is 11.9 Å². The Morgan fingerprint density at radius 3 is 2.68 bits per heavy atom. The minimum atomic E-state index is -1.14. The molecule has 0 aliphatic carbocycles. The third kappa shape index (κ3) is 3.66. The molecule has 2 heterocycles. The topological polar surface area (TPSA) is 109 Å². The van der Waals surface area contributed by atoms with Gasteiger partial charge in [0.2, 0.25) is 0 Å². The molecule has 0 saturated heterocycles. The molecule has 148 valence electrons. The van der Waals surface area contributed by atoms with Gasteiger partial charge in [0, 0.05) is 16.2 Å². The number of nitrogens with one attached hydrogen (secondary N) is 1. The summed E-state index contributed by atoms with van der Waals surface area (Å²) in [7, 11) is 1.47. The van der Waals surface area contributed by atoms with Gasteiger partial charge in [-0.3, -0.25) is 18.7 Å². The van der Waals surface area contributed by atoms with Crippen LogP contribution in [-0.4, -0.2) is 37.0 Å². The number of halogens is 2. The van der Waals surface area contributed by atoms with Crippen LogP contribution in [0.1, 0.15) is 5.56 Å². The molecule has 3 rings (SSSR count). The van der Waals surface area contributed by atoms with Crippen LogP contribution >= 0.6 is 22.6 Å². The molecular formula is C18H18FIN4O4. The van der Waals surface area contributed by atoms with Gasteiger partial charge in [-0.15, -0.1) is 0 Å². The van der Waals surface area contributed by atoms with E-state index in [0.29, 0.717) is 3.57 Å². The standard InChI is InChI=1S/C18H18FIN4O4/c1-9-15-14(18(28)24(8-21-15)6-11(26)7-25)16(23(2)17(9)27)22-13-4-3-10(20)5-12(13)19/h3-5,8,11,22,25-26H,6-7H2,1-2H3/t11-/m0/s1. The Kier molecular flexibility index (Phi) is 5.82. The van der Waals surface area contributed by atoms with E-state index in [-0.39, 0.29) is 40.1 Å². The van der Waals surface area contributed by atoms with Crippen molar-refractivity contribution in [3.05, 3.63) is 60.2 Å². The van der Waals surface area contributed by atoms with E-state index in [1.807, 2.05) is 22.6 Å². The SMILES string of the molecule is Cc1c(=O)n(C)c(Nc2ccc(I)cc2F)c2c(=O)n(C[C@H](O)CO)cnc12. The summed E-state index contributed by atoms with van der Waals surface area (Å²) in [5.74, 6) is -0.441. The average Bonchev–Trinajstić information content (AvgIpc) is 2.66. The third-order valence-corrected chi connectivity index (χ3v) is 5.06. The monoisotopic (exact) mass is 500 g/mol. The Hall–Kier alpha value is -2.31. The number of anilines is 2. The van der Waals surface area contributed by atoms with E-state index in [4.69, 9.17) is 5.11 Å². The maximum Gasteiger partial charge on any atom is 0.264 e. The number of aromatic nitrogens is 3. The summed E-state index contributed by atoms with van der Waals surface area (Å²) >= 11 is 1.98. The maximum atomic E-state index is 14.3. The average molecular weight is 500 g/mol. The summed E-state index contributed by atoms with van der Waals surface area (Å²) in [5, 5.41) is 21.6. The highest BCUT2D eigenvalue weighted by Gasteiger charge is 2.19. The molecule has 1 aromatic carbocycles. The number of nitrogens with zero attached hydrogens (tertiary/aromatic N) is 3.